The molecule has 0 amide bonds. The van der Waals surface area contributed by atoms with Crippen LogP contribution >= 0.6 is 11.3 Å². The minimum absolute atomic E-state index is 0.250. The van der Waals surface area contributed by atoms with Crippen molar-refractivity contribution in [3.63, 3.8) is 0 Å². The molecule has 3 heterocycles. The van der Waals surface area contributed by atoms with E-state index in [0.717, 1.165) is 35.5 Å². The van der Waals surface area contributed by atoms with Gasteiger partial charge in [-0.2, -0.15) is 4.98 Å². The summed E-state index contributed by atoms with van der Waals surface area (Å²) in [6, 6.07) is 2.39. The molecule has 6 heteroatoms. The number of rotatable bonds is 4. The number of fused-ring (bicyclic) bond motifs is 1. The maximum atomic E-state index is 5.74. The molecule has 1 aliphatic heterocycles. The van der Waals surface area contributed by atoms with Crippen LogP contribution in [0.25, 0.3) is 10.2 Å². The molecule has 1 fully saturated rings. The van der Waals surface area contributed by atoms with Crippen LogP contribution in [0.4, 0.5) is 11.8 Å². The standard InChI is InChI=1S/C14H20N4OS/c1-8-7-10-12(16-9(2)11-5-4-6-19-11)17-14(15-3)18-13(10)20-8/h7,9,11H,4-6H2,1-3H3,(H2,15,16,17,18). The van der Waals surface area contributed by atoms with Crippen molar-refractivity contribution in [3.05, 3.63) is 10.9 Å². The molecular formula is C14H20N4OS. The predicted octanol–water partition coefficient (Wildman–Crippen LogP) is 3.02. The van der Waals surface area contributed by atoms with Crippen molar-refractivity contribution in [2.24, 2.45) is 0 Å². The highest BCUT2D eigenvalue weighted by Gasteiger charge is 2.23. The van der Waals surface area contributed by atoms with Crippen LogP contribution in [0.1, 0.15) is 24.6 Å². The van der Waals surface area contributed by atoms with Crippen LogP contribution in [-0.4, -0.2) is 35.8 Å². The molecule has 5 nitrogen and oxygen atoms in total. The number of aryl methyl sites for hydroxylation is 1. The van der Waals surface area contributed by atoms with Crippen molar-refractivity contribution in [1.29, 1.82) is 0 Å². The molecule has 0 saturated carbocycles. The van der Waals surface area contributed by atoms with E-state index in [4.69, 9.17) is 4.74 Å². The van der Waals surface area contributed by atoms with Gasteiger partial charge >= 0.3 is 0 Å². The summed E-state index contributed by atoms with van der Waals surface area (Å²) in [5, 5.41) is 7.62. The number of aromatic nitrogens is 2. The van der Waals surface area contributed by atoms with Crippen LogP contribution < -0.4 is 10.6 Å². The second-order valence-electron chi connectivity index (χ2n) is 5.21. The number of hydrogen-bond donors (Lipinski definition) is 2. The molecule has 1 aliphatic rings. The first-order chi connectivity index (χ1) is 9.67. The Morgan fingerprint density at radius 1 is 1.45 bits per heavy atom. The third kappa shape index (κ3) is 2.58. The summed E-state index contributed by atoms with van der Waals surface area (Å²) < 4.78 is 5.74. The zero-order chi connectivity index (χ0) is 14.1. The van der Waals surface area contributed by atoms with Crippen LogP contribution in [0.15, 0.2) is 6.07 Å². The van der Waals surface area contributed by atoms with Gasteiger partial charge in [0.25, 0.3) is 0 Å². The second-order valence-corrected chi connectivity index (χ2v) is 6.44. The lowest BCUT2D eigenvalue weighted by atomic mass is 10.1. The zero-order valence-corrected chi connectivity index (χ0v) is 12.9. The number of hydrogen-bond acceptors (Lipinski definition) is 6. The van der Waals surface area contributed by atoms with Gasteiger partial charge in [-0.25, -0.2) is 4.98 Å². The quantitative estimate of drug-likeness (QED) is 0.907. The number of nitrogens with one attached hydrogen (secondary N) is 2. The first-order valence-corrected chi connectivity index (χ1v) is 7.83. The van der Waals surface area contributed by atoms with Crippen LogP contribution in [0.3, 0.4) is 0 Å². The summed E-state index contributed by atoms with van der Waals surface area (Å²) in [6.07, 6.45) is 2.54. The second kappa shape index (κ2) is 5.54. The number of anilines is 2. The first-order valence-electron chi connectivity index (χ1n) is 7.01. The third-order valence-electron chi connectivity index (χ3n) is 3.63. The summed E-state index contributed by atoms with van der Waals surface area (Å²) in [5.74, 6) is 1.55. The molecule has 2 aromatic heterocycles. The highest BCUT2D eigenvalue weighted by molar-refractivity contribution is 7.18. The molecule has 2 atom stereocenters. The van der Waals surface area contributed by atoms with Gasteiger partial charge in [-0.1, -0.05) is 0 Å². The maximum absolute atomic E-state index is 5.74. The molecule has 0 bridgehead atoms. The molecule has 0 aromatic carbocycles. The molecule has 108 valence electrons. The minimum atomic E-state index is 0.250. The van der Waals surface area contributed by atoms with Crippen molar-refractivity contribution >= 4 is 33.3 Å². The largest absolute Gasteiger partial charge is 0.376 e. The van der Waals surface area contributed by atoms with Gasteiger partial charge in [-0.15, -0.1) is 11.3 Å². The molecule has 0 spiro atoms. The topological polar surface area (TPSA) is 59.1 Å². The van der Waals surface area contributed by atoms with E-state index in [9.17, 15) is 0 Å². The summed E-state index contributed by atoms with van der Waals surface area (Å²) in [4.78, 5) is 11.3. The zero-order valence-electron chi connectivity index (χ0n) is 12.1. The Morgan fingerprint density at radius 3 is 3.00 bits per heavy atom. The monoisotopic (exact) mass is 292 g/mol. The summed E-state index contributed by atoms with van der Waals surface area (Å²) in [6.45, 7) is 5.12. The average Bonchev–Trinajstić information content (AvgIpc) is 3.06. The van der Waals surface area contributed by atoms with E-state index in [1.807, 2.05) is 7.05 Å². The Bertz CT molecular complexity index is 606. The van der Waals surface area contributed by atoms with Crippen LogP contribution in [0, 0.1) is 6.92 Å². The third-order valence-corrected chi connectivity index (χ3v) is 4.57. The van der Waals surface area contributed by atoms with E-state index >= 15 is 0 Å². The summed E-state index contributed by atoms with van der Waals surface area (Å²) in [5.41, 5.74) is 0. The van der Waals surface area contributed by atoms with E-state index in [-0.39, 0.29) is 12.1 Å². The van der Waals surface area contributed by atoms with Gasteiger partial charge in [0.15, 0.2) is 0 Å². The lowest BCUT2D eigenvalue weighted by molar-refractivity contribution is 0.0996. The average molecular weight is 292 g/mol. The van der Waals surface area contributed by atoms with Gasteiger partial charge in [0.1, 0.15) is 10.6 Å². The molecule has 0 radical (unpaired) electrons. The van der Waals surface area contributed by atoms with Gasteiger partial charge in [0, 0.05) is 18.5 Å². The lowest BCUT2D eigenvalue weighted by Gasteiger charge is -2.21. The van der Waals surface area contributed by atoms with Crippen molar-refractivity contribution in [3.8, 4) is 0 Å². The Morgan fingerprint density at radius 2 is 2.30 bits per heavy atom. The van der Waals surface area contributed by atoms with Crippen LogP contribution in [0.5, 0.6) is 0 Å². The van der Waals surface area contributed by atoms with Crippen molar-refractivity contribution in [2.45, 2.75) is 38.8 Å². The van der Waals surface area contributed by atoms with Crippen LogP contribution in [-0.2, 0) is 4.74 Å². The SMILES string of the molecule is CNc1nc(NC(C)C2CCCO2)c2cc(C)sc2n1. The first kappa shape index (κ1) is 13.6. The van der Waals surface area contributed by atoms with Gasteiger partial charge in [0.2, 0.25) is 5.95 Å². The highest BCUT2D eigenvalue weighted by Crippen LogP contribution is 2.30. The molecule has 1 saturated heterocycles. The number of thiophene rings is 1. The number of nitrogens with zero attached hydrogens (tertiary/aromatic N) is 2. The van der Waals surface area contributed by atoms with Crippen molar-refractivity contribution in [2.75, 3.05) is 24.3 Å². The van der Waals surface area contributed by atoms with E-state index in [0.29, 0.717) is 5.95 Å². The minimum Gasteiger partial charge on any atom is -0.376 e. The number of ether oxygens (including phenoxy) is 1. The normalized spacial score (nSPS) is 20.2. The molecule has 20 heavy (non-hydrogen) atoms. The van der Waals surface area contributed by atoms with Crippen LogP contribution in [0.2, 0.25) is 0 Å². The lowest BCUT2D eigenvalue weighted by Crippen LogP contribution is -2.30. The molecule has 3 rings (SSSR count). The molecule has 2 unspecified atom stereocenters. The van der Waals surface area contributed by atoms with Crippen molar-refractivity contribution < 1.29 is 4.74 Å². The molecule has 2 N–H and O–H groups in total. The van der Waals surface area contributed by atoms with E-state index in [1.54, 1.807) is 11.3 Å². The fourth-order valence-electron chi connectivity index (χ4n) is 2.57. The van der Waals surface area contributed by atoms with E-state index in [1.165, 1.54) is 4.88 Å². The van der Waals surface area contributed by atoms with E-state index < -0.39 is 0 Å². The van der Waals surface area contributed by atoms with Gasteiger partial charge < -0.3 is 15.4 Å². The summed E-state index contributed by atoms with van der Waals surface area (Å²) >= 11 is 1.69. The van der Waals surface area contributed by atoms with Gasteiger partial charge in [-0.3, -0.25) is 0 Å². The Kier molecular flexibility index (Phi) is 3.76. The fraction of sp³-hybridized carbons (Fsp3) is 0.571. The van der Waals surface area contributed by atoms with Gasteiger partial charge in [0.05, 0.1) is 17.5 Å². The fourth-order valence-corrected chi connectivity index (χ4v) is 3.45. The molecular weight excluding hydrogens is 272 g/mol. The maximum Gasteiger partial charge on any atom is 0.225 e. The summed E-state index contributed by atoms with van der Waals surface area (Å²) in [7, 11) is 1.84. The van der Waals surface area contributed by atoms with Crippen molar-refractivity contribution in [1.82, 2.24) is 9.97 Å². The highest BCUT2D eigenvalue weighted by atomic mass is 32.1. The van der Waals surface area contributed by atoms with Gasteiger partial charge in [-0.05, 0) is 32.8 Å². The predicted molar refractivity (Wildman–Crippen MR) is 83.8 cm³/mol. The Labute approximate surface area is 122 Å². The Hall–Kier alpha value is -1.40. The Balaban J connectivity index is 1.92. The smallest absolute Gasteiger partial charge is 0.225 e. The molecule has 0 aliphatic carbocycles. The van der Waals surface area contributed by atoms with E-state index in [2.05, 4.69) is 40.5 Å². The molecule has 2 aromatic rings.